The Morgan fingerprint density at radius 2 is 2.06 bits per heavy atom. The van der Waals surface area contributed by atoms with Crippen molar-refractivity contribution in [1.29, 1.82) is 0 Å². The highest BCUT2D eigenvalue weighted by molar-refractivity contribution is 7.11. The van der Waals surface area contributed by atoms with E-state index in [-0.39, 0.29) is 5.82 Å². The van der Waals surface area contributed by atoms with Crippen LogP contribution in [0.15, 0.2) is 18.2 Å². The van der Waals surface area contributed by atoms with Crippen LogP contribution in [0, 0.1) is 26.6 Å². The second-order valence-electron chi connectivity index (χ2n) is 4.48. The molecule has 1 N–H and O–H groups in total. The number of benzene rings is 1. The van der Waals surface area contributed by atoms with Crippen LogP contribution < -0.4 is 0 Å². The van der Waals surface area contributed by atoms with Gasteiger partial charge in [0.05, 0.1) is 16.8 Å². The summed E-state index contributed by atoms with van der Waals surface area (Å²) in [6.45, 7) is 5.67. The lowest BCUT2D eigenvalue weighted by molar-refractivity contribution is 0.178. The van der Waals surface area contributed by atoms with Crippen molar-refractivity contribution in [2.24, 2.45) is 0 Å². The Hall–Kier alpha value is -1.26. The summed E-state index contributed by atoms with van der Waals surface area (Å²) < 4.78 is 13.4. The van der Waals surface area contributed by atoms with Gasteiger partial charge in [0.25, 0.3) is 0 Å². The predicted molar refractivity (Wildman–Crippen MR) is 71.4 cm³/mol. The van der Waals surface area contributed by atoms with Gasteiger partial charge in [-0.25, -0.2) is 9.37 Å². The van der Waals surface area contributed by atoms with E-state index in [4.69, 9.17) is 0 Å². The summed E-state index contributed by atoms with van der Waals surface area (Å²) in [7, 11) is 0. The zero-order valence-corrected chi connectivity index (χ0v) is 11.5. The van der Waals surface area contributed by atoms with Crippen molar-refractivity contribution in [2.75, 3.05) is 0 Å². The van der Waals surface area contributed by atoms with E-state index in [1.807, 2.05) is 13.8 Å². The molecule has 0 aliphatic carbocycles. The van der Waals surface area contributed by atoms with Crippen molar-refractivity contribution in [3.05, 3.63) is 50.7 Å². The number of aliphatic hydroxyl groups excluding tert-OH is 1. The second kappa shape index (κ2) is 5.16. The molecular formula is C14H16FNOS. The number of nitrogens with zero attached hydrogens (tertiary/aromatic N) is 1. The van der Waals surface area contributed by atoms with Gasteiger partial charge < -0.3 is 5.11 Å². The number of halogens is 1. The SMILES string of the molecule is Cc1ccc(C(O)Cc2nc(C)c(C)s2)cc1F. The van der Waals surface area contributed by atoms with Crippen LogP contribution >= 0.6 is 11.3 Å². The highest BCUT2D eigenvalue weighted by Gasteiger charge is 2.13. The molecule has 1 atom stereocenters. The van der Waals surface area contributed by atoms with Gasteiger partial charge >= 0.3 is 0 Å². The normalized spacial score (nSPS) is 12.7. The number of thiazole rings is 1. The van der Waals surface area contributed by atoms with Gasteiger partial charge in [0.1, 0.15) is 5.82 Å². The minimum absolute atomic E-state index is 0.280. The molecule has 0 aliphatic heterocycles. The van der Waals surface area contributed by atoms with Gasteiger partial charge in [-0.3, -0.25) is 0 Å². The molecule has 0 bridgehead atoms. The van der Waals surface area contributed by atoms with Gasteiger partial charge in [0.2, 0.25) is 0 Å². The molecule has 0 saturated carbocycles. The monoisotopic (exact) mass is 265 g/mol. The number of rotatable bonds is 3. The summed E-state index contributed by atoms with van der Waals surface area (Å²) in [4.78, 5) is 5.54. The average molecular weight is 265 g/mol. The number of hydrogen-bond acceptors (Lipinski definition) is 3. The fourth-order valence-corrected chi connectivity index (χ4v) is 2.70. The summed E-state index contributed by atoms with van der Waals surface area (Å²) in [5.41, 5.74) is 2.19. The molecule has 0 saturated heterocycles. The van der Waals surface area contributed by atoms with Crippen molar-refractivity contribution < 1.29 is 9.50 Å². The van der Waals surface area contributed by atoms with Crippen LogP contribution in [-0.4, -0.2) is 10.1 Å². The zero-order valence-electron chi connectivity index (χ0n) is 10.7. The molecule has 1 aromatic heterocycles. The molecule has 2 aromatic rings. The van der Waals surface area contributed by atoms with E-state index in [2.05, 4.69) is 4.98 Å². The van der Waals surface area contributed by atoms with Crippen LogP contribution in [0.3, 0.4) is 0 Å². The molecule has 0 spiro atoms. The number of hydrogen-bond donors (Lipinski definition) is 1. The van der Waals surface area contributed by atoms with E-state index >= 15 is 0 Å². The molecule has 2 rings (SSSR count). The van der Waals surface area contributed by atoms with Crippen molar-refractivity contribution in [1.82, 2.24) is 4.98 Å². The lowest BCUT2D eigenvalue weighted by atomic mass is 10.0. The third-order valence-corrected chi connectivity index (χ3v) is 4.12. The standard InChI is InChI=1S/C14H16FNOS/c1-8-4-5-11(6-12(8)15)13(17)7-14-16-9(2)10(3)18-14/h4-6,13,17H,7H2,1-3H3. The number of aromatic nitrogens is 1. The lowest BCUT2D eigenvalue weighted by Gasteiger charge is -2.10. The van der Waals surface area contributed by atoms with Crippen molar-refractivity contribution >= 4 is 11.3 Å². The molecule has 4 heteroatoms. The van der Waals surface area contributed by atoms with E-state index in [1.54, 1.807) is 30.4 Å². The van der Waals surface area contributed by atoms with E-state index < -0.39 is 6.10 Å². The van der Waals surface area contributed by atoms with Gasteiger partial charge in [-0.15, -0.1) is 11.3 Å². The summed E-state index contributed by atoms with van der Waals surface area (Å²) in [6.07, 6.45) is -0.271. The molecule has 0 amide bonds. The Morgan fingerprint density at radius 3 is 2.61 bits per heavy atom. The first-order valence-electron chi connectivity index (χ1n) is 5.84. The topological polar surface area (TPSA) is 33.1 Å². The van der Waals surface area contributed by atoms with Gasteiger partial charge in [0.15, 0.2) is 0 Å². The average Bonchev–Trinajstić information content (AvgIpc) is 2.61. The zero-order chi connectivity index (χ0) is 13.3. The fraction of sp³-hybridized carbons (Fsp3) is 0.357. The Bertz CT molecular complexity index is 545. The number of aliphatic hydroxyl groups is 1. The van der Waals surface area contributed by atoms with Gasteiger partial charge in [-0.05, 0) is 38.0 Å². The first kappa shape index (κ1) is 13.2. The molecule has 1 unspecified atom stereocenters. The Balaban J connectivity index is 2.16. The lowest BCUT2D eigenvalue weighted by Crippen LogP contribution is -2.02. The third kappa shape index (κ3) is 2.76. The van der Waals surface area contributed by atoms with Crippen LogP contribution in [0.1, 0.15) is 32.8 Å². The Kier molecular flexibility index (Phi) is 3.78. The summed E-state index contributed by atoms with van der Waals surface area (Å²) in [5, 5.41) is 11.0. The summed E-state index contributed by atoms with van der Waals surface area (Å²) in [5.74, 6) is -0.280. The van der Waals surface area contributed by atoms with E-state index in [0.717, 1.165) is 15.6 Å². The fourth-order valence-electron chi connectivity index (χ4n) is 1.73. The largest absolute Gasteiger partial charge is 0.388 e. The highest BCUT2D eigenvalue weighted by Crippen LogP contribution is 2.24. The Labute approximate surface area is 110 Å². The molecule has 1 heterocycles. The Morgan fingerprint density at radius 1 is 1.33 bits per heavy atom. The molecule has 0 radical (unpaired) electrons. The molecule has 0 aliphatic rings. The molecule has 0 fully saturated rings. The summed E-state index contributed by atoms with van der Waals surface area (Å²) >= 11 is 1.58. The minimum Gasteiger partial charge on any atom is -0.388 e. The van der Waals surface area contributed by atoms with Crippen LogP contribution in [-0.2, 0) is 6.42 Å². The summed E-state index contributed by atoms with van der Waals surface area (Å²) in [6, 6.07) is 4.84. The van der Waals surface area contributed by atoms with E-state index in [0.29, 0.717) is 17.5 Å². The van der Waals surface area contributed by atoms with E-state index in [1.165, 1.54) is 6.07 Å². The molecular weight excluding hydrogens is 249 g/mol. The first-order valence-corrected chi connectivity index (χ1v) is 6.66. The number of aryl methyl sites for hydroxylation is 3. The predicted octanol–water partition coefficient (Wildman–Crippen LogP) is 3.48. The maximum absolute atomic E-state index is 13.4. The smallest absolute Gasteiger partial charge is 0.126 e. The van der Waals surface area contributed by atoms with Crippen LogP contribution in [0.5, 0.6) is 0 Å². The van der Waals surface area contributed by atoms with Crippen LogP contribution in [0.4, 0.5) is 4.39 Å². The van der Waals surface area contributed by atoms with E-state index in [9.17, 15) is 9.50 Å². The third-order valence-electron chi connectivity index (χ3n) is 3.02. The molecule has 1 aromatic carbocycles. The van der Waals surface area contributed by atoms with Gasteiger partial charge in [-0.1, -0.05) is 12.1 Å². The van der Waals surface area contributed by atoms with Crippen molar-refractivity contribution in [2.45, 2.75) is 33.3 Å². The first-order chi connectivity index (χ1) is 8.47. The van der Waals surface area contributed by atoms with Crippen LogP contribution in [0.25, 0.3) is 0 Å². The van der Waals surface area contributed by atoms with Gasteiger partial charge in [-0.2, -0.15) is 0 Å². The van der Waals surface area contributed by atoms with Crippen LogP contribution in [0.2, 0.25) is 0 Å². The molecule has 2 nitrogen and oxygen atoms in total. The highest BCUT2D eigenvalue weighted by atomic mass is 32.1. The maximum atomic E-state index is 13.4. The quantitative estimate of drug-likeness (QED) is 0.921. The second-order valence-corrected chi connectivity index (χ2v) is 5.77. The molecule has 96 valence electrons. The van der Waals surface area contributed by atoms with Crippen molar-refractivity contribution in [3.63, 3.8) is 0 Å². The van der Waals surface area contributed by atoms with Crippen molar-refractivity contribution in [3.8, 4) is 0 Å². The van der Waals surface area contributed by atoms with Gasteiger partial charge in [0, 0.05) is 11.3 Å². The maximum Gasteiger partial charge on any atom is 0.126 e. The molecule has 18 heavy (non-hydrogen) atoms. The minimum atomic E-state index is -0.704.